The fourth-order valence-corrected chi connectivity index (χ4v) is 7.39. The number of para-hydroxylation sites is 3. The van der Waals surface area contributed by atoms with Crippen molar-refractivity contribution >= 4 is 62.6 Å². The number of carbonyl (C=O) groups excluding carboxylic acids is 3. The summed E-state index contributed by atoms with van der Waals surface area (Å²) in [6.45, 7) is 4.18. The molecule has 0 radical (unpaired) electrons. The van der Waals surface area contributed by atoms with E-state index in [1.54, 1.807) is 30.7 Å². The minimum atomic E-state index is -0.0634. The number of hydrogen-bond acceptors (Lipinski definition) is 8. The van der Waals surface area contributed by atoms with Gasteiger partial charge in [0, 0.05) is 72.4 Å². The molecule has 3 amide bonds. The number of hydrogen-bond donors (Lipinski definition) is 5. The Hall–Kier alpha value is -7.49. The van der Waals surface area contributed by atoms with E-state index in [4.69, 9.17) is 6.42 Å². The number of aromatic nitrogens is 4. The Morgan fingerprint density at radius 1 is 0.557 bits per heavy atom. The lowest BCUT2D eigenvalue weighted by Gasteiger charge is -2.08. The van der Waals surface area contributed by atoms with Crippen molar-refractivity contribution in [2.75, 3.05) is 43.4 Å². The van der Waals surface area contributed by atoms with Crippen molar-refractivity contribution in [2.24, 2.45) is 0 Å². The van der Waals surface area contributed by atoms with Gasteiger partial charge in [0.1, 0.15) is 11.4 Å². The summed E-state index contributed by atoms with van der Waals surface area (Å²) in [5, 5.41) is 16.2. The molecule has 302 valence electrons. The highest BCUT2D eigenvalue weighted by Gasteiger charge is 2.21. The molecule has 4 aromatic heterocycles. The van der Waals surface area contributed by atoms with E-state index in [-0.39, 0.29) is 17.7 Å². The Labute approximate surface area is 367 Å². The van der Waals surface area contributed by atoms with Crippen molar-refractivity contribution < 1.29 is 14.4 Å². The molecule has 0 atom stereocenters. The van der Waals surface area contributed by atoms with Crippen LogP contribution in [0.1, 0.15) is 48.0 Å². The van der Waals surface area contributed by atoms with Crippen LogP contribution in [0.2, 0.25) is 0 Å². The summed E-state index contributed by atoms with van der Waals surface area (Å²) in [4.78, 5) is 48.0. The van der Waals surface area contributed by atoms with E-state index < -0.39 is 0 Å². The highest BCUT2D eigenvalue weighted by molar-refractivity contribution is 14.1. The Balaban J connectivity index is 0.000000129. The Morgan fingerprint density at radius 2 is 1.13 bits per heavy atom. The van der Waals surface area contributed by atoms with Gasteiger partial charge in [0.05, 0.1) is 45.0 Å². The fourth-order valence-electron chi connectivity index (χ4n) is 6.71. The van der Waals surface area contributed by atoms with Crippen LogP contribution in [0.15, 0.2) is 134 Å². The average Bonchev–Trinajstić information content (AvgIpc) is 3.41. The second-order valence-corrected chi connectivity index (χ2v) is 14.6. The first kappa shape index (κ1) is 41.7. The molecule has 0 bridgehead atoms. The van der Waals surface area contributed by atoms with E-state index in [9.17, 15) is 14.4 Å². The van der Waals surface area contributed by atoms with Gasteiger partial charge in [-0.15, -0.1) is 6.42 Å². The van der Waals surface area contributed by atoms with Gasteiger partial charge in [0.25, 0.3) is 17.7 Å². The molecule has 12 nitrogen and oxygen atoms in total. The largest absolute Gasteiger partial charge is 0.382 e. The summed E-state index contributed by atoms with van der Waals surface area (Å²) >= 11 is 2.23. The molecule has 0 saturated heterocycles. The van der Waals surface area contributed by atoms with Gasteiger partial charge in [-0.1, -0.05) is 54.3 Å². The maximum absolute atomic E-state index is 12.1. The van der Waals surface area contributed by atoms with Gasteiger partial charge in [-0.05, 0) is 101 Å². The molecule has 3 aliphatic heterocycles. The maximum Gasteiger partial charge on any atom is 0.253 e. The van der Waals surface area contributed by atoms with Crippen LogP contribution in [0.25, 0.3) is 22.3 Å². The highest BCUT2D eigenvalue weighted by atomic mass is 127. The van der Waals surface area contributed by atoms with Crippen molar-refractivity contribution in [3.05, 3.63) is 171 Å². The molecule has 0 saturated carbocycles. The molecule has 61 heavy (non-hydrogen) atoms. The van der Waals surface area contributed by atoms with Crippen molar-refractivity contribution in [1.29, 1.82) is 0 Å². The van der Waals surface area contributed by atoms with Crippen LogP contribution in [0, 0.1) is 27.8 Å². The van der Waals surface area contributed by atoms with Crippen molar-refractivity contribution in [3.63, 3.8) is 0 Å². The number of carbonyl (C=O) groups is 3. The van der Waals surface area contributed by atoms with Gasteiger partial charge in [0.15, 0.2) is 0 Å². The Kier molecular flexibility index (Phi) is 14.0. The molecule has 0 aliphatic carbocycles. The first-order valence-corrected chi connectivity index (χ1v) is 20.6. The molecule has 3 aromatic carbocycles. The highest BCUT2D eigenvalue weighted by Crippen LogP contribution is 2.30. The number of anilines is 2. The molecule has 0 unspecified atom stereocenters. The summed E-state index contributed by atoms with van der Waals surface area (Å²) in [6.07, 6.45) is 10.2. The molecule has 0 spiro atoms. The first-order chi connectivity index (χ1) is 29.9. The van der Waals surface area contributed by atoms with E-state index in [0.29, 0.717) is 43.1 Å². The summed E-state index contributed by atoms with van der Waals surface area (Å²) < 4.78 is 3.28. The number of halogens is 1. The standard InChI is InChI=1S/2C16H13N3O.C9H9IN2O.C7H5N/c20-16-12-5-3-4-11-10-14(13-6-1-2-7-17-13)19(15(11)12)9-8-18-16;20-16-14-6-3-4-12(15(14)18-10-11-19-16)7-8-13-5-1-2-9-17-13;10-7-3-1-2-6-8(7)11-4-5-12-9(6)13;1-2-7-5-3-4-6-8-7/h1-7,10H,8-9H2,(H,18,20);1-6,9,18H,10-11H2,(H,19,20);1-3,11H,4-5H2,(H,12,13);1,3-6H. The van der Waals surface area contributed by atoms with Crippen LogP contribution in [-0.2, 0) is 6.54 Å². The second-order valence-electron chi connectivity index (χ2n) is 13.5. The van der Waals surface area contributed by atoms with E-state index in [0.717, 1.165) is 67.0 Å². The SMILES string of the molecule is C#Cc1ccccn1.O=C1NCCNc2c(C#Cc3ccccn3)cccc21.O=C1NCCNc2c(I)cccc21.O=C1NCCn2c(-c3ccccn3)cc3cccc1c32. The molecule has 13 heteroatoms. The summed E-state index contributed by atoms with van der Waals surface area (Å²) in [5.41, 5.74) is 9.07. The second kappa shape index (κ2) is 20.5. The van der Waals surface area contributed by atoms with E-state index in [2.05, 4.69) is 92.5 Å². The quantitative estimate of drug-likeness (QED) is 0.0914. The predicted molar refractivity (Wildman–Crippen MR) is 247 cm³/mol. The van der Waals surface area contributed by atoms with E-state index in [1.165, 1.54) is 0 Å². The van der Waals surface area contributed by atoms with Gasteiger partial charge in [-0.2, -0.15) is 0 Å². The van der Waals surface area contributed by atoms with Crippen LogP contribution in [-0.4, -0.2) is 70.0 Å². The van der Waals surface area contributed by atoms with Crippen molar-refractivity contribution in [3.8, 4) is 35.6 Å². The minimum Gasteiger partial charge on any atom is -0.382 e. The van der Waals surface area contributed by atoms with Gasteiger partial charge in [-0.25, -0.2) is 9.97 Å². The topological polar surface area (TPSA) is 155 Å². The van der Waals surface area contributed by atoms with Crippen LogP contribution in [0.4, 0.5) is 11.4 Å². The molecule has 5 N–H and O–H groups in total. The zero-order valence-electron chi connectivity index (χ0n) is 32.9. The zero-order valence-corrected chi connectivity index (χ0v) is 35.1. The molecular weight excluding hydrogens is 877 g/mol. The van der Waals surface area contributed by atoms with E-state index in [1.807, 2.05) is 97.1 Å². The molecule has 0 fully saturated rings. The third-order valence-electron chi connectivity index (χ3n) is 9.51. The van der Waals surface area contributed by atoms with Crippen LogP contribution in [0.3, 0.4) is 0 Å². The molecule has 7 heterocycles. The third-order valence-corrected chi connectivity index (χ3v) is 10.4. The zero-order chi connectivity index (χ0) is 42.4. The number of pyridine rings is 3. The van der Waals surface area contributed by atoms with Gasteiger partial charge in [0.2, 0.25) is 0 Å². The van der Waals surface area contributed by atoms with Gasteiger partial charge < -0.3 is 31.2 Å². The normalized spacial score (nSPS) is 13.2. The number of benzene rings is 3. The number of rotatable bonds is 1. The summed E-state index contributed by atoms with van der Waals surface area (Å²) in [6, 6.07) is 36.2. The fraction of sp³-hybridized carbons (Fsp3) is 0.125. The van der Waals surface area contributed by atoms with Crippen LogP contribution < -0.4 is 26.6 Å². The van der Waals surface area contributed by atoms with Gasteiger partial charge in [-0.3, -0.25) is 19.4 Å². The van der Waals surface area contributed by atoms with Crippen molar-refractivity contribution in [1.82, 2.24) is 35.5 Å². The third kappa shape index (κ3) is 10.4. The predicted octanol–water partition coefficient (Wildman–Crippen LogP) is 6.59. The lowest BCUT2D eigenvalue weighted by molar-refractivity contribution is 0.0949. The average molecular weight is 918 g/mol. The van der Waals surface area contributed by atoms with E-state index >= 15 is 0 Å². The van der Waals surface area contributed by atoms with Gasteiger partial charge >= 0.3 is 0 Å². The minimum absolute atomic E-state index is 0.0000193. The molecule has 7 aromatic rings. The van der Waals surface area contributed by atoms with Crippen LogP contribution >= 0.6 is 22.6 Å². The molecule has 10 rings (SSSR count). The maximum atomic E-state index is 12.1. The number of amides is 3. The Morgan fingerprint density at radius 3 is 1.79 bits per heavy atom. The number of nitrogens with one attached hydrogen (secondary N) is 5. The summed E-state index contributed by atoms with van der Waals surface area (Å²) in [5.74, 6) is 8.46. The number of terminal acetylenes is 1. The number of fused-ring (bicyclic) bond motifs is 2. The molecular formula is C48H40IN9O3. The van der Waals surface area contributed by atoms with Crippen molar-refractivity contribution in [2.45, 2.75) is 6.54 Å². The van der Waals surface area contributed by atoms with Crippen LogP contribution in [0.5, 0.6) is 0 Å². The Bertz CT molecular complexity index is 2780. The lowest BCUT2D eigenvalue weighted by Crippen LogP contribution is -2.24. The lowest BCUT2D eigenvalue weighted by atomic mass is 10.1. The summed E-state index contributed by atoms with van der Waals surface area (Å²) in [7, 11) is 0. The molecule has 3 aliphatic rings. The monoisotopic (exact) mass is 917 g/mol. The first-order valence-electron chi connectivity index (χ1n) is 19.5. The number of nitrogens with zero attached hydrogens (tertiary/aromatic N) is 4. The smallest absolute Gasteiger partial charge is 0.253 e.